The SMILES string of the molecule is O=C(COc1ccc(Cl)cc1)NC1CCC(NCC(O)COc2ccc(Cl)c(F)c2)CC1. The van der Waals surface area contributed by atoms with E-state index in [-0.39, 0.29) is 36.2 Å². The molecule has 6 nitrogen and oxygen atoms in total. The van der Waals surface area contributed by atoms with E-state index in [1.165, 1.54) is 12.1 Å². The summed E-state index contributed by atoms with van der Waals surface area (Å²) in [6.07, 6.45) is 2.75. The highest BCUT2D eigenvalue weighted by Gasteiger charge is 2.23. The number of amides is 1. The van der Waals surface area contributed by atoms with Crippen LogP contribution in [-0.4, -0.2) is 49.0 Å². The number of nitrogens with one attached hydrogen (secondary N) is 2. The summed E-state index contributed by atoms with van der Waals surface area (Å²) in [6, 6.07) is 11.4. The first-order chi connectivity index (χ1) is 15.4. The lowest BCUT2D eigenvalue weighted by molar-refractivity contribution is -0.124. The van der Waals surface area contributed by atoms with E-state index in [2.05, 4.69) is 10.6 Å². The molecule has 3 rings (SSSR count). The van der Waals surface area contributed by atoms with E-state index in [4.69, 9.17) is 32.7 Å². The fourth-order valence-corrected chi connectivity index (χ4v) is 3.76. The molecule has 1 unspecified atom stereocenters. The van der Waals surface area contributed by atoms with Gasteiger partial charge in [0.2, 0.25) is 0 Å². The predicted octanol–water partition coefficient (Wildman–Crippen LogP) is 3.97. The van der Waals surface area contributed by atoms with Gasteiger partial charge in [-0.2, -0.15) is 0 Å². The Morgan fingerprint density at radius 2 is 1.69 bits per heavy atom. The highest BCUT2D eigenvalue weighted by Crippen LogP contribution is 2.21. The zero-order valence-corrected chi connectivity index (χ0v) is 19.0. The summed E-state index contributed by atoms with van der Waals surface area (Å²) in [6.45, 7) is 0.378. The van der Waals surface area contributed by atoms with Gasteiger partial charge in [0.15, 0.2) is 6.61 Å². The molecule has 1 fully saturated rings. The van der Waals surface area contributed by atoms with Crippen molar-refractivity contribution in [2.45, 2.75) is 43.9 Å². The topological polar surface area (TPSA) is 79.8 Å². The maximum atomic E-state index is 13.4. The van der Waals surface area contributed by atoms with Gasteiger partial charge in [0.1, 0.15) is 30.0 Å². The van der Waals surface area contributed by atoms with Crippen LogP contribution in [0, 0.1) is 5.82 Å². The Morgan fingerprint density at radius 3 is 2.38 bits per heavy atom. The molecule has 9 heteroatoms. The van der Waals surface area contributed by atoms with Gasteiger partial charge in [0, 0.05) is 29.7 Å². The smallest absolute Gasteiger partial charge is 0.258 e. The van der Waals surface area contributed by atoms with Gasteiger partial charge in [-0.05, 0) is 62.1 Å². The molecular formula is C23H27Cl2FN2O4. The average molecular weight is 485 g/mol. The van der Waals surface area contributed by atoms with Crippen molar-refractivity contribution in [1.29, 1.82) is 0 Å². The van der Waals surface area contributed by atoms with Crippen molar-refractivity contribution in [2.75, 3.05) is 19.8 Å². The predicted molar refractivity (Wildman–Crippen MR) is 122 cm³/mol. The van der Waals surface area contributed by atoms with Crippen molar-refractivity contribution < 1.29 is 23.8 Å². The summed E-state index contributed by atoms with van der Waals surface area (Å²) >= 11 is 11.5. The van der Waals surface area contributed by atoms with Gasteiger partial charge in [-0.15, -0.1) is 0 Å². The first-order valence-electron chi connectivity index (χ1n) is 10.6. The van der Waals surface area contributed by atoms with Crippen molar-refractivity contribution >= 4 is 29.1 Å². The van der Waals surface area contributed by atoms with Gasteiger partial charge in [0.25, 0.3) is 5.91 Å². The molecule has 0 aromatic heterocycles. The van der Waals surface area contributed by atoms with Crippen LogP contribution in [0.5, 0.6) is 11.5 Å². The molecule has 2 aromatic rings. The van der Waals surface area contributed by atoms with E-state index in [0.29, 0.717) is 23.1 Å². The Hall–Kier alpha value is -2.06. The summed E-state index contributed by atoms with van der Waals surface area (Å²) in [7, 11) is 0. The number of aliphatic hydroxyl groups excluding tert-OH is 1. The third kappa shape index (κ3) is 8.13. The van der Waals surface area contributed by atoms with Crippen molar-refractivity contribution in [3.63, 3.8) is 0 Å². The standard InChI is InChI=1S/C23H27Cl2FN2O4/c24-15-1-7-19(8-2-15)32-14-23(30)28-17-5-3-16(4-6-17)27-12-18(29)13-31-20-9-10-21(25)22(26)11-20/h1-2,7-11,16-18,27,29H,3-6,12-14H2,(H,28,30). The summed E-state index contributed by atoms with van der Waals surface area (Å²) in [5.41, 5.74) is 0. The molecule has 0 saturated heterocycles. The lowest BCUT2D eigenvalue weighted by Crippen LogP contribution is -2.45. The lowest BCUT2D eigenvalue weighted by Gasteiger charge is -2.30. The monoisotopic (exact) mass is 484 g/mol. The normalized spacial score (nSPS) is 19.2. The largest absolute Gasteiger partial charge is 0.491 e. The van der Waals surface area contributed by atoms with E-state index in [9.17, 15) is 14.3 Å². The number of carbonyl (C=O) groups excluding carboxylic acids is 1. The molecule has 0 bridgehead atoms. The molecule has 0 spiro atoms. The van der Waals surface area contributed by atoms with Crippen LogP contribution < -0.4 is 20.1 Å². The van der Waals surface area contributed by atoms with E-state index in [1.54, 1.807) is 30.3 Å². The van der Waals surface area contributed by atoms with Crippen LogP contribution in [0.25, 0.3) is 0 Å². The number of benzene rings is 2. The fraction of sp³-hybridized carbons (Fsp3) is 0.435. The second-order valence-electron chi connectivity index (χ2n) is 7.81. The van der Waals surface area contributed by atoms with Gasteiger partial charge in [-0.1, -0.05) is 23.2 Å². The van der Waals surface area contributed by atoms with Crippen LogP contribution in [0.4, 0.5) is 4.39 Å². The third-order valence-electron chi connectivity index (χ3n) is 5.25. The Bertz CT molecular complexity index is 877. The van der Waals surface area contributed by atoms with Crippen molar-refractivity contribution in [3.8, 4) is 11.5 Å². The van der Waals surface area contributed by atoms with Crippen molar-refractivity contribution in [3.05, 3.63) is 58.3 Å². The average Bonchev–Trinajstić information content (AvgIpc) is 2.79. The minimum atomic E-state index is -0.726. The Morgan fingerprint density at radius 1 is 1.03 bits per heavy atom. The Balaban J connectivity index is 1.28. The number of hydrogen-bond donors (Lipinski definition) is 3. The molecule has 174 valence electrons. The molecule has 1 amide bonds. The molecule has 32 heavy (non-hydrogen) atoms. The summed E-state index contributed by atoms with van der Waals surface area (Å²) < 4.78 is 24.3. The van der Waals surface area contributed by atoms with Crippen LogP contribution in [0.1, 0.15) is 25.7 Å². The molecule has 1 saturated carbocycles. The van der Waals surface area contributed by atoms with Gasteiger partial charge in [-0.25, -0.2) is 4.39 Å². The third-order valence-corrected chi connectivity index (χ3v) is 5.81. The summed E-state index contributed by atoms with van der Waals surface area (Å²) in [5.74, 6) is 0.211. The molecule has 0 aliphatic heterocycles. The molecule has 0 heterocycles. The maximum Gasteiger partial charge on any atom is 0.258 e. The minimum Gasteiger partial charge on any atom is -0.491 e. The zero-order valence-electron chi connectivity index (χ0n) is 17.5. The fourth-order valence-electron chi connectivity index (χ4n) is 3.51. The van der Waals surface area contributed by atoms with E-state index >= 15 is 0 Å². The van der Waals surface area contributed by atoms with E-state index < -0.39 is 11.9 Å². The second-order valence-corrected chi connectivity index (χ2v) is 8.65. The molecular weight excluding hydrogens is 458 g/mol. The molecule has 2 aromatic carbocycles. The van der Waals surface area contributed by atoms with Gasteiger partial charge < -0.3 is 25.2 Å². The van der Waals surface area contributed by atoms with Crippen LogP contribution in [0.15, 0.2) is 42.5 Å². The van der Waals surface area contributed by atoms with Gasteiger partial charge in [0.05, 0.1) is 5.02 Å². The lowest BCUT2D eigenvalue weighted by atomic mass is 9.91. The highest BCUT2D eigenvalue weighted by molar-refractivity contribution is 6.30. The highest BCUT2D eigenvalue weighted by atomic mass is 35.5. The first kappa shape index (κ1) is 24.6. The first-order valence-corrected chi connectivity index (χ1v) is 11.3. The number of halogens is 3. The second kappa shape index (κ2) is 12.3. The Kier molecular flexibility index (Phi) is 9.41. The van der Waals surface area contributed by atoms with E-state index in [1.807, 2.05) is 0 Å². The van der Waals surface area contributed by atoms with Crippen LogP contribution in [0.2, 0.25) is 10.0 Å². The molecule has 1 aliphatic carbocycles. The van der Waals surface area contributed by atoms with Gasteiger partial charge in [-0.3, -0.25) is 4.79 Å². The van der Waals surface area contributed by atoms with Crippen LogP contribution in [-0.2, 0) is 4.79 Å². The number of hydrogen-bond acceptors (Lipinski definition) is 5. The summed E-state index contributed by atoms with van der Waals surface area (Å²) in [5, 5.41) is 17.1. The van der Waals surface area contributed by atoms with Gasteiger partial charge >= 0.3 is 0 Å². The summed E-state index contributed by atoms with van der Waals surface area (Å²) in [4.78, 5) is 12.1. The minimum absolute atomic E-state index is 0.0282. The molecule has 3 N–H and O–H groups in total. The number of carbonyl (C=O) groups is 1. The molecule has 0 radical (unpaired) electrons. The zero-order chi connectivity index (χ0) is 22.9. The molecule has 1 aliphatic rings. The number of ether oxygens (including phenoxy) is 2. The molecule has 1 atom stereocenters. The van der Waals surface area contributed by atoms with E-state index in [0.717, 1.165) is 25.7 Å². The quantitative estimate of drug-likeness (QED) is 0.475. The number of rotatable bonds is 10. The number of aliphatic hydroxyl groups is 1. The van der Waals surface area contributed by atoms with Crippen molar-refractivity contribution in [1.82, 2.24) is 10.6 Å². The van der Waals surface area contributed by atoms with Crippen molar-refractivity contribution in [2.24, 2.45) is 0 Å². The van der Waals surface area contributed by atoms with Crippen LogP contribution >= 0.6 is 23.2 Å². The maximum absolute atomic E-state index is 13.4. The Labute approximate surface area is 197 Å². The van der Waals surface area contributed by atoms with Crippen LogP contribution in [0.3, 0.4) is 0 Å².